The second kappa shape index (κ2) is 22.9. The highest BCUT2D eigenvalue weighted by molar-refractivity contribution is 7.13. The number of carbonyl (C=O) groups is 3. The first-order valence-electron chi connectivity index (χ1n) is 22.2. The minimum Gasteiger partial charge on any atom is -0.393 e. The van der Waals surface area contributed by atoms with Crippen LogP contribution in [0.25, 0.3) is 16.1 Å². The Morgan fingerprint density at radius 2 is 1.65 bits per heavy atom. The molecule has 2 saturated carbocycles. The Balaban J connectivity index is 0.808. The topological polar surface area (TPSA) is 190 Å². The molecule has 3 aromatic heterocycles. The van der Waals surface area contributed by atoms with Gasteiger partial charge in [0.2, 0.25) is 11.8 Å². The molecule has 4 aromatic rings. The van der Waals surface area contributed by atoms with E-state index in [-0.39, 0.29) is 42.5 Å². The predicted molar refractivity (Wildman–Crippen MR) is 240 cm³/mol. The predicted octanol–water partition coefficient (Wildman–Crippen LogP) is 5.28. The molecule has 2 aliphatic rings. The molecule has 6 rings (SSSR count). The van der Waals surface area contributed by atoms with E-state index in [1.807, 2.05) is 68.1 Å². The van der Waals surface area contributed by atoms with Crippen LogP contribution in [0.2, 0.25) is 0 Å². The third-order valence-corrected chi connectivity index (χ3v) is 12.7. The van der Waals surface area contributed by atoms with Crippen LogP contribution in [-0.2, 0) is 41.6 Å². The summed E-state index contributed by atoms with van der Waals surface area (Å²) in [6.45, 7) is 13.2. The molecule has 6 atom stereocenters. The zero-order chi connectivity index (χ0) is 44.1. The van der Waals surface area contributed by atoms with Gasteiger partial charge in [0.05, 0.1) is 80.0 Å². The van der Waals surface area contributed by atoms with Crippen LogP contribution >= 0.6 is 11.3 Å². The Bertz CT molecular complexity index is 2050. The number of carbonyl (C=O) groups excluding carboxylic acids is 3. The number of anilines is 1. The first-order valence-corrected chi connectivity index (χ1v) is 23.1. The minimum absolute atomic E-state index is 0.0139. The number of aromatic nitrogens is 4. The van der Waals surface area contributed by atoms with Gasteiger partial charge in [0.15, 0.2) is 11.4 Å². The molecule has 0 aliphatic heterocycles. The number of benzene rings is 1. The van der Waals surface area contributed by atoms with Crippen molar-refractivity contribution in [2.24, 2.45) is 17.3 Å². The summed E-state index contributed by atoms with van der Waals surface area (Å²) in [5.41, 5.74) is 6.33. The van der Waals surface area contributed by atoms with Gasteiger partial charge < -0.3 is 40.6 Å². The van der Waals surface area contributed by atoms with E-state index in [4.69, 9.17) is 14.2 Å². The number of hydrogen-bond donors (Lipinski definition) is 5. The Morgan fingerprint density at radius 1 is 0.935 bits per heavy atom. The molecule has 2 fully saturated rings. The highest BCUT2D eigenvalue weighted by atomic mass is 32.1. The quantitative estimate of drug-likeness (QED) is 0.0574. The van der Waals surface area contributed by atoms with Crippen molar-refractivity contribution >= 4 is 40.4 Å². The Labute approximate surface area is 369 Å². The van der Waals surface area contributed by atoms with E-state index < -0.39 is 29.4 Å². The van der Waals surface area contributed by atoms with Crippen LogP contribution in [0.5, 0.6) is 0 Å². The number of amides is 2. The van der Waals surface area contributed by atoms with Crippen LogP contribution in [-0.4, -0.2) is 113 Å². The summed E-state index contributed by atoms with van der Waals surface area (Å²) < 4.78 is 18.9. The Kier molecular flexibility index (Phi) is 17.4. The molecular formula is C46H66N8O7S. The van der Waals surface area contributed by atoms with Crippen LogP contribution in [0.1, 0.15) is 89.6 Å². The van der Waals surface area contributed by atoms with E-state index in [0.717, 1.165) is 71.0 Å². The van der Waals surface area contributed by atoms with Gasteiger partial charge in [-0.25, -0.2) is 9.97 Å². The lowest BCUT2D eigenvalue weighted by atomic mass is 9.77. The molecule has 62 heavy (non-hydrogen) atoms. The highest BCUT2D eigenvalue weighted by Gasteiger charge is 2.46. The second-order valence-electron chi connectivity index (χ2n) is 17.7. The molecule has 338 valence electrons. The molecular weight excluding hydrogens is 809 g/mol. The first kappa shape index (κ1) is 47.2. The number of aliphatic hydroxyl groups is 1. The fraction of sp³-hybridized carbons (Fsp3) is 0.609. The number of nitrogens with one attached hydrogen (secondary N) is 4. The van der Waals surface area contributed by atoms with Crippen LogP contribution in [0.4, 0.5) is 5.82 Å². The number of ketones is 1. The highest BCUT2D eigenvalue weighted by Crippen LogP contribution is 2.36. The molecule has 0 bridgehead atoms. The van der Waals surface area contributed by atoms with E-state index in [1.165, 1.54) is 0 Å². The van der Waals surface area contributed by atoms with E-state index in [2.05, 4.69) is 49.3 Å². The summed E-state index contributed by atoms with van der Waals surface area (Å²) in [4.78, 5) is 50.2. The summed E-state index contributed by atoms with van der Waals surface area (Å²) >= 11 is 1.60. The molecule has 2 aliphatic carbocycles. The number of fused-ring (bicyclic) bond motifs is 1. The van der Waals surface area contributed by atoms with Crippen LogP contribution in [0, 0.1) is 24.2 Å². The molecule has 0 spiro atoms. The monoisotopic (exact) mass is 874 g/mol. The summed E-state index contributed by atoms with van der Waals surface area (Å²) in [6.07, 6.45) is 6.55. The number of thiazole rings is 1. The standard InChI is InChI=1S/C46H66N8O7S/c1-6-7-33-25-40(54-39(51-33)14-16-50-54)52-34-12-13-35(24-34)53-41(56)15-18-59-20-22-61-23-21-60-19-17-47-44(46(3,4)5)42(57)37-26-36(55)27-38(37)45(58)48-28-31-8-10-32(11-9-31)43-30(2)49-29-62-43/h8-11,14,16,25,29,34-38,44,47,52,55H,6-7,12-13,15,17-24,26-28H2,1-5H3,(H,48,58)(H,53,56)/t34-,35-,36+,37?,38-,44-/m1/s1. The smallest absolute Gasteiger partial charge is 0.224 e. The zero-order valence-electron chi connectivity index (χ0n) is 37.0. The number of aliphatic hydroxyl groups excluding tert-OH is 1. The van der Waals surface area contributed by atoms with Crippen LogP contribution in [0.15, 0.2) is 48.1 Å². The maximum Gasteiger partial charge on any atom is 0.224 e. The summed E-state index contributed by atoms with van der Waals surface area (Å²) in [7, 11) is 0. The van der Waals surface area contributed by atoms with Crippen molar-refractivity contribution in [2.75, 3.05) is 51.5 Å². The van der Waals surface area contributed by atoms with E-state index in [9.17, 15) is 19.5 Å². The zero-order valence-corrected chi connectivity index (χ0v) is 37.8. The average Bonchev–Trinajstić information content (AvgIpc) is 4.07. The molecule has 1 aromatic carbocycles. The van der Waals surface area contributed by atoms with Crippen molar-refractivity contribution in [1.82, 2.24) is 35.5 Å². The van der Waals surface area contributed by atoms with Crippen molar-refractivity contribution in [3.05, 3.63) is 65.1 Å². The molecule has 3 heterocycles. The summed E-state index contributed by atoms with van der Waals surface area (Å²) in [5, 5.41) is 28.2. The summed E-state index contributed by atoms with van der Waals surface area (Å²) in [6, 6.07) is 11.9. The van der Waals surface area contributed by atoms with Crippen molar-refractivity contribution in [3.8, 4) is 10.4 Å². The van der Waals surface area contributed by atoms with Gasteiger partial charge in [-0.2, -0.15) is 9.61 Å². The number of rotatable bonds is 24. The average molecular weight is 875 g/mol. The van der Waals surface area contributed by atoms with Gasteiger partial charge >= 0.3 is 0 Å². The van der Waals surface area contributed by atoms with Gasteiger partial charge in [0.25, 0.3) is 0 Å². The molecule has 5 N–H and O–H groups in total. The Morgan fingerprint density at radius 3 is 2.35 bits per heavy atom. The van der Waals surface area contributed by atoms with Crippen molar-refractivity contribution in [2.45, 2.75) is 117 Å². The van der Waals surface area contributed by atoms with E-state index >= 15 is 0 Å². The number of Topliss-reactive ketones (excluding diaryl/α,β-unsaturated/α-hetero) is 1. The number of ether oxygens (including phenoxy) is 3. The molecule has 1 unspecified atom stereocenters. The van der Waals surface area contributed by atoms with Crippen LogP contribution in [0.3, 0.4) is 0 Å². The van der Waals surface area contributed by atoms with Crippen molar-refractivity contribution in [3.63, 3.8) is 0 Å². The maximum absolute atomic E-state index is 14.0. The number of nitrogens with zero attached hydrogens (tertiary/aromatic N) is 4. The molecule has 0 saturated heterocycles. The summed E-state index contributed by atoms with van der Waals surface area (Å²) in [5.74, 6) is -0.525. The second-order valence-corrected chi connectivity index (χ2v) is 18.5. The van der Waals surface area contributed by atoms with Crippen molar-refractivity contribution < 1.29 is 33.7 Å². The lowest BCUT2D eigenvalue weighted by Crippen LogP contribution is -2.51. The van der Waals surface area contributed by atoms with Gasteiger partial charge in [0, 0.05) is 55.3 Å². The van der Waals surface area contributed by atoms with Gasteiger partial charge in [-0.15, -0.1) is 11.3 Å². The van der Waals surface area contributed by atoms with Gasteiger partial charge in [-0.05, 0) is 62.0 Å². The largest absolute Gasteiger partial charge is 0.393 e. The third kappa shape index (κ3) is 13.3. The lowest BCUT2D eigenvalue weighted by Gasteiger charge is -2.33. The third-order valence-electron chi connectivity index (χ3n) is 11.7. The first-order chi connectivity index (χ1) is 29.9. The fourth-order valence-corrected chi connectivity index (χ4v) is 9.33. The van der Waals surface area contributed by atoms with Gasteiger partial charge in [-0.1, -0.05) is 58.4 Å². The molecule has 15 nitrogen and oxygen atoms in total. The van der Waals surface area contributed by atoms with Gasteiger partial charge in [0.1, 0.15) is 5.82 Å². The normalized spacial score (nSPS) is 20.7. The minimum atomic E-state index is -0.706. The van der Waals surface area contributed by atoms with Gasteiger partial charge in [-0.3, -0.25) is 14.4 Å². The SMILES string of the molecule is CCCc1cc(N[C@@H]2CC[C@@H](NC(=O)CCOCCOCCOCCN[C@H](C(=O)C3C[C@H](O)C[C@H]3C(=O)NCc3ccc(-c4scnc4C)cc3)C(C)(C)C)C2)n2nccc2n1. The number of aryl methyl sites for hydroxylation is 2. The Hall–Kier alpha value is -4.32. The lowest BCUT2D eigenvalue weighted by molar-refractivity contribution is -0.135. The number of hydrogen-bond acceptors (Lipinski definition) is 13. The van der Waals surface area contributed by atoms with E-state index in [0.29, 0.717) is 59.2 Å². The maximum atomic E-state index is 14.0. The van der Waals surface area contributed by atoms with E-state index in [1.54, 1.807) is 17.5 Å². The molecule has 0 radical (unpaired) electrons. The molecule has 16 heteroatoms. The fourth-order valence-electron chi connectivity index (χ4n) is 8.52. The van der Waals surface area contributed by atoms with Crippen molar-refractivity contribution in [1.29, 1.82) is 0 Å². The van der Waals surface area contributed by atoms with Crippen LogP contribution < -0.4 is 21.3 Å². The molecule has 2 amide bonds.